The molecule has 6 nitrogen and oxygen atoms in total. The average molecular weight is 449 g/mol. The van der Waals surface area contributed by atoms with Gasteiger partial charge in [-0.25, -0.2) is 0 Å². The number of carbonyl (C=O) groups is 2. The quantitative estimate of drug-likeness (QED) is 0.622. The van der Waals surface area contributed by atoms with E-state index in [0.717, 1.165) is 10.5 Å². The summed E-state index contributed by atoms with van der Waals surface area (Å²) in [6, 6.07) is 13.0. The number of thioether (sulfide) groups is 1. The van der Waals surface area contributed by atoms with Gasteiger partial charge < -0.3 is 19.3 Å². The molecule has 1 heterocycles. The van der Waals surface area contributed by atoms with Crippen molar-refractivity contribution in [3.8, 4) is 5.75 Å². The van der Waals surface area contributed by atoms with E-state index < -0.39 is 17.3 Å². The molecule has 30 heavy (non-hydrogen) atoms. The number of para-hydroxylation sites is 1. The van der Waals surface area contributed by atoms with Crippen LogP contribution in [0.25, 0.3) is 0 Å². The van der Waals surface area contributed by atoms with Crippen molar-refractivity contribution >= 4 is 40.9 Å². The van der Waals surface area contributed by atoms with Crippen LogP contribution in [0.2, 0.25) is 5.02 Å². The van der Waals surface area contributed by atoms with Gasteiger partial charge in [-0.15, -0.1) is 11.8 Å². The van der Waals surface area contributed by atoms with Crippen LogP contribution in [0.1, 0.15) is 17.7 Å². The van der Waals surface area contributed by atoms with Gasteiger partial charge in [-0.2, -0.15) is 0 Å². The van der Waals surface area contributed by atoms with Gasteiger partial charge in [0.05, 0.1) is 23.1 Å². The van der Waals surface area contributed by atoms with Crippen molar-refractivity contribution in [1.82, 2.24) is 4.90 Å². The maximum absolute atomic E-state index is 13.6. The normalized spacial score (nSPS) is 18.7. The van der Waals surface area contributed by atoms with Crippen LogP contribution in [0, 0.1) is 0 Å². The minimum Gasteiger partial charge on any atom is -0.497 e. The Morgan fingerprint density at radius 2 is 1.90 bits per heavy atom. The molecule has 1 aliphatic heterocycles. The van der Waals surface area contributed by atoms with Gasteiger partial charge >= 0.3 is 5.97 Å². The van der Waals surface area contributed by atoms with Crippen LogP contribution in [-0.2, 0) is 14.3 Å². The van der Waals surface area contributed by atoms with Crippen molar-refractivity contribution in [2.24, 2.45) is 0 Å². The lowest BCUT2D eigenvalue weighted by atomic mass is 10.1. The molecular formula is C22H25ClN2O4S. The zero-order valence-corrected chi connectivity index (χ0v) is 19.0. The number of fused-ring (bicyclic) bond motifs is 1. The van der Waals surface area contributed by atoms with Crippen LogP contribution < -0.4 is 9.64 Å². The highest BCUT2D eigenvalue weighted by Gasteiger charge is 2.41. The number of hydrogen-bond acceptors (Lipinski definition) is 6. The molecule has 3 rings (SSSR count). The van der Waals surface area contributed by atoms with Gasteiger partial charge in [-0.3, -0.25) is 9.59 Å². The third-order valence-corrected chi connectivity index (χ3v) is 6.43. The van der Waals surface area contributed by atoms with Gasteiger partial charge in [0.2, 0.25) is 0 Å². The number of benzene rings is 2. The first-order valence-corrected chi connectivity index (χ1v) is 10.8. The monoisotopic (exact) mass is 448 g/mol. The maximum atomic E-state index is 13.6. The predicted molar refractivity (Wildman–Crippen MR) is 120 cm³/mol. The Morgan fingerprint density at radius 3 is 2.50 bits per heavy atom. The molecule has 0 aliphatic carbocycles. The molecule has 0 saturated carbocycles. The Balaban J connectivity index is 2.11. The summed E-state index contributed by atoms with van der Waals surface area (Å²) in [6.45, 7) is 2.38. The third-order valence-electron chi connectivity index (χ3n) is 4.77. The number of rotatable bonds is 6. The zero-order valence-electron chi connectivity index (χ0n) is 17.4. The van der Waals surface area contributed by atoms with Crippen molar-refractivity contribution in [2.45, 2.75) is 23.2 Å². The number of amides is 1. The van der Waals surface area contributed by atoms with Crippen LogP contribution in [0.3, 0.4) is 0 Å². The smallest absolute Gasteiger partial charge is 0.303 e. The number of carbonyl (C=O) groups excluding carboxylic acids is 2. The maximum Gasteiger partial charge on any atom is 0.303 e. The van der Waals surface area contributed by atoms with Crippen molar-refractivity contribution in [2.75, 3.05) is 39.2 Å². The molecule has 0 saturated heterocycles. The fourth-order valence-electron chi connectivity index (χ4n) is 3.29. The Hall–Kier alpha value is -2.22. The average Bonchev–Trinajstić information content (AvgIpc) is 2.82. The molecule has 2 aromatic rings. The van der Waals surface area contributed by atoms with E-state index in [-0.39, 0.29) is 5.91 Å². The summed E-state index contributed by atoms with van der Waals surface area (Å²) in [4.78, 5) is 30.0. The molecule has 1 aliphatic rings. The van der Waals surface area contributed by atoms with Gasteiger partial charge in [0, 0.05) is 24.9 Å². The number of likely N-dealkylation sites (N-methyl/N-ethyl adjacent to an activating group) is 1. The van der Waals surface area contributed by atoms with Gasteiger partial charge in [-0.1, -0.05) is 29.8 Å². The lowest BCUT2D eigenvalue weighted by Crippen LogP contribution is -2.45. The second-order valence-corrected chi connectivity index (χ2v) is 8.81. The van der Waals surface area contributed by atoms with Crippen LogP contribution in [0.15, 0.2) is 47.4 Å². The van der Waals surface area contributed by atoms with Crippen LogP contribution in [0.5, 0.6) is 5.75 Å². The molecule has 160 valence electrons. The molecule has 1 amide bonds. The van der Waals surface area contributed by atoms with Crippen LogP contribution in [0.4, 0.5) is 5.69 Å². The predicted octanol–water partition coefficient (Wildman–Crippen LogP) is 4.02. The number of methoxy groups -OCH3 is 1. The molecule has 0 bridgehead atoms. The first kappa shape index (κ1) is 22.5. The summed E-state index contributed by atoms with van der Waals surface area (Å²) in [5.41, 5.74) is 1.52. The highest BCUT2D eigenvalue weighted by atomic mass is 35.5. The van der Waals surface area contributed by atoms with E-state index in [2.05, 4.69) is 0 Å². The Labute approximate surface area is 186 Å². The van der Waals surface area contributed by atoms with Gasteiger partial charge in [0.1, 0.15) is 5.75 Å². The molecule has 0 fully saturated rings. The van der Waals surface area contributed by atoms with E-state index in [4.69, 9.17) is 21.1 Å². The van der Waals surface area contributed by atoms with Crippen LogP contribution >= 0.6 is 23.4 Å². The van der Waals surface area contributed by atoms with Crippen molar-refractivity contribution in [3.05, 3.63) is 53.1 Å². The lowest BCUT2D eigenvalue weighted by molar-refractivity contribution is -0.152. The number of esters is 1. The Kier molecular flexibility index (Phi) is 7.28. The highest BCUT2D eigenvalue weighted by Crippen LogP contribution is 2.49. The second kappa shape index (κ2) is 9.73. The number of nitrogens with zero attached hydrogens (tertiary/aromatic N) is 2. The molecule has 0 radical (unpaired) electrons. The molecule has 0 aromatic heterocycles. The molecule has 2 aromatic carbocycles. The van der Waals surface area contributed by atoms with Gasteiger partial charge in [-0.05, 0) is 43.9 Å². The summed E-state index contributed by atoms with van der Waals surface area (Å²) < 4.78 is 10.8. The minimum absolute atomic E-state index is 0.285. The summed E-state index contributed by atoms with van der Waals surface area (Å²) in [7, 11) is 5.48. The van der Waals surface area contributed by atoms with Crippen molar-refractivity contribution in [1.29, 1.82) is 0 Å². The van der Waals surface area contributed by atoms with E-state index >= 15 is 0 Å². The van der Waals surface area contributed by atoms with Gasteiger partial charge in [0.25, 0.3) is 5.91 Å². The largest absolute Gasteiger partial charge is 0.497 e. The number of ether oxygens (including phenoxy) is 2. The lowest BCUT2D eigenvalue weighted by Gasteiger charge is -2.28. The minimum atomic E-state index is -0.980. The van der Waals surface area contributed by atoms with E-state index in [1.54, 1.807) is 18.1 Å². The highest BCUT2D eigenvalue weighted by molar-refractivity contribution is 7.99. The van der Waals surface area contributed by atoms with E-state index in [1.165, 1.54) is 18.7 Å². The van der Waals surface area contributed by atoms with E-state index in [0.29, 0.717) is 29.5 Å². The first-order valence-electron chi connectivity index (χ1n) is 9.54. The molecule has 1 unspecified atom stereocenters. The fourth-order valence-corrected chi connectivity index (χ4v) is 4.98. The molecule has 2 atom stereocenters. The molecule has 0 spiro atoms. The van der Waals surface area contributed by atoms with Gasteiger partial charge in [0.15, 0.2) is 6.10 Å². The number of halogens is 1. The second-order valence-electron chi connectivity index (χ2n) is 7.22. The summed E-state index contributed by atoms with van der Waals surface area (Å²) >= 11 is 8.00. The molecule has 0 N–H and O–H groups in total. The Bertz CT molecular complexity index is 920. The molecular weight excluding hydrogens is 424 g/mol. The summed E-state index contributed by atoms with van der Waals surface area (Å²) in [5.74, 6) is -0.0759. The van der Waals surface area contributed by atoms with Crippen molar-refractivity contribution in [3.63, 3.8) is 0 Å². The number of hydrogen-bond donors (Lipinski definition) is 0. The SMILES string of the molecule is COc1ccc([C@@H]2Sc3cccc(Cl)c3N(CCN(C)C)C(=O)C2OC(C)=O)cc1. The van der Waals surface area contributed by atoms with Crippen LogP contribution in [-0.4, -0.2) is 57.2 Å². The van der Waals surface area contributed by atoms with E-state index in [9.17, 15) is 9.59 Å². The van der Waals surface area contributed by atoms with E-state index in [1.807, 2.05) is 55.4 Å². The summed E-state index contributed by atoms with van der Waals surface area (Å²) in [6.07, 6.45) is -0.980. The topological polar surface area (TPSA) is 59.1 Å². The first-order chi connectivity index (χ1) is 14.3. The Morgan fingerprint density at radius 1 is 1.20 bits per heavy atom. The zero-order chi connectivity index (χ0) is 21.8. The standard InChI is InChI=1S/C22H25ClN2O4S/c1-14(26)29-20-21(15-8-10-16(28-4)11-9-15)30-18-7-5-6-17(23)19(18)25(22(20)27)13-12-24(2)3/h5-11,20-21H,12-13H2,1-4H3/t20?,21-/m0/s1. The fraction of sp³-hybridized carbons (Fsp3) is 0.364. The third kappa shape index (κ3) is 4.91. The van der Waals surface area contributed by atoms with Crippen molar-refractivity contribution < 1.29 is 19.1 Å². The number of anilines is 1. The molecule has 8 heteroatoms. The summed E-state index contributed by atoms with van der Waals surface area (Å²) in [5, 5.41) is 0.0675.